The first-order chi connectivity index (χ1) is 9.47. The summed E-state index contributed by atoms with van der Waals surface area (Å²) in [4.78, 5) is 12.0. The fraction of sp³-hybridized carbons (Fsp3) is 0.588. The summed E-state index contributed by atoms with van der Waals surface area (Å²) in [6.45, 7) is 4.19. The minimum atomic E-state index is -0.579. The predicted octanol–water partition coefficient (Wildman–Crippen LogP) is 2.79. The van der Waals surface area contributed by atoms with Crippen molar-refractivity contribution >= 4 is 5.78 Å². The molecular formula is C17H25NO2. The Bertz CT molecular complexity index is 428. The van der Waals surface area contributed by atoms with E-state index >= 15 is 0 Å². The molecule has 1 aliphatic rings. The van der Waals surface area contributed by atoms with Crippen molar-refractivity contribution in [3.05, 3.63) is 35.9 Å². The molecule has 0 spiro atoms. The average molecular weight is 275 g/mol. The number of nitrogens with one attached hydrogen (secondary N) is 1. The molecule has 0 aromatic heterocycles. The number of carbonyl (C=O) groups excluding carboxylic acids is 1. The van der Waals surface area contributed by atoms with Crippen LogP contribution in [-0.4, -0.2) is 29.1 Å². The van der Waals surface area contributed by atoms with Crippen LogP contribution in [0.1, 0.15) is 49.9 Å². The zero-order chi connectivity index (χ0) is 14.6. The van der Waals surface area contributed by atoms with E-state index in [1.165, 1.54) is 0 Å². The molecule has 0 amide bonds. The molecule has 0 radical (unpaired) electrons. The van der Waals surface area contributed by atoms with Crippen LogP contribution < -0.4 is 5.32 Å². The van der Waals surface area contributed by atoms with Crippen LogP contribution in [0.2, 0.25) is 0 Å². The molecule has 3 nitrogen and oxygen atoms in total. The molecule has 0 heterocycles. The summed E-state index contributed by atoms with van der Waals surface area (Å²) in [6.07, 6.45) is 4.13. The van der Waals surface area contributed by atoms with E-state index in [1.807, 2.05) is 44.2 Å². The van der Waals surface area contributed by atoms with E-state index in [1.54, 1.807) is 0 Å². The van der Waals surface area contributed by atoms with Crippen molar-refractivity contribution in [1.82, 2.24) is 5.32 Å². The van der Waals surface area contributed by atoms with E-state index in [4.69, 9.17) is 0 Å². The number of benzene rings is 1. The maximum absolute atomic E-state index is 12.0. The molecule has 110 valence electrons. The van der Waals surface area contributed by atoms with Gasteiger partial charge in [0, 0.05) is 11.6 Å². The van der Waals surface area contributed by atoms with Crippen LogP contribution in [0.4, 0.5) is 0 Å². The summed E-state index contributed by atoms with van der Waals surface area (Å²) in [6, 6.07) is 9.82. The maximum atomic E-state index is 12.0. The fourth-order valence-electron chi connectivity index (χ4n) is 2.97. The topological polar surface area (TPSA) is 49.3 Å². The third kappa shape index (κ3) is 4.15. The molecule has 1 aromatic carbocycles. The van der Waals surface area contributed by atoms with Gasteiger partial charge in [0.15, 0.2) is 5.78 Å². The standard InChI is InChI=1S/C17H25NO2/c1-17(2,20)14-8-10-15(11-9-14)18-12-16(19)13-6-4-3-5-7-13/h3-7,14-15,18,20H,8-12H2,1-2H3/t14-,15-. The Hall–Kier alpha value is -1.19. The second kappa shape index (κ2) is 6.51. The Balaban J connectivity index is 1.75. The Morgan fingerprint density at radius 2 is 1.80 bits per heavy atom. The van der Waals surface area contributed by atoms with E-state index in [0.29, 0.717) is 18.5 Å². The molecule has 3 heteroatoms. The monoisotopic (exact) mass is 275 g/mol. The number of carbonyl (C=O) groups is 1. The molecule has 0 bridgehead atoms. The molecule has 2 rings (SSSR count). The van der Waals surface area contributed by atoms with Crippen molar-refractivity contribution in [3.8, 4) is 0 Å². The minimum absolute atomic E-state index is 0.148. The van der Waals surface area contributed by atoms with Crippen molar-refractivity contribution in [1.29, 1.82) is 0 Å². The van der Waals surface area contributed by atoms with Crippen molar-refractivity contribution < 1.29 is 9.90 Å². The van der Waals surface area contributed by atoms with Gasteiger partial charge in [0.25, 0.3) is 0 Å². The second-order valence-electron chi connectivity index (χ2n) is 6.37. The molecular weight excluding hydrogens is 250 g/mol. The van der Waals surface area contributed by atoms with Crippen LogP contribution in [0.3, 0.4) is 0 Å². The lowest BCUT2D eigenvalue weighted by atomic mass is 9.77. The van der Waals surface area contributed by atoms with Gasteiger partial charge in [0.2, 0.25) is 0 Å². The van der Waals surface area contributed by atoms with Gasteiger partial charge >= 0.3 is 0 Å². The quantitative estimate of drug-likeness (QED) is 0.812. The van der Waals surface area contributed by atoms with Gasteiger partial charge < -0.3 is 10.4 Å². The molecule has 0 aliphatic heterocycles. The summed E-state index contributed by atoms with van der Waals surface area (Å²) >= 11 is 0. The lowest BCUT2D eigenvalue weighted by molar-refractivity contribution is -0.00281. The van der Waals surface area contributed by atoms with E-state index < -0.39 is 5.60 Å². The molecule has 1 aromatic rings. The Labute approximate surface area is 121 Å². The highest BCUT2D eigenvalue weighted by atomic mass is 16.3. The zero-order valence-corrected chi connectivity index (χ0v) is 12.4. The number of Topliss-reactive ketones (excluding diaryl/α,β-unsaturated/α-hetero) is 1. The molecule has 2 N–H and O–H groups in total. The lowest BCUT2D eigenvalue weighted by Gasteiger charge is -2.36. The lowest BCUT2D eigenvalue weighted by Crippen LogP contribution is -2.41. The van der Waals surface area contributed by atoms with E-state index in [0.717, 1.165) is 31.2 Å². The van der Waals surface area contributed by atoms with Crippen molar-refractivity contribution in [3.63, 3.8) is 0 Å². The normalized spacial score (nSPS) is 23.6. The third-order valence-electron chi connectivity index (χ3n) is 4.37. The van der Waals surface area contributed by atoms with Crippen molar-refractivity contribution in [2.24, 2.45) is 5.92 Å². The minimum Gasteiger partial charge on any atom is -0.390 e. The third-order valence-corrected chi connectivity index (χ3v) is 4.37. The van der Waals surface area contributed by atoms with Gasteiger partial charge in [0.1, 0.15) is 0 Å². The highest BCUT2D eigenvalue weighted by molar-refractivity contribution is 5.97. The highest BCUT2D eigenvalue weighted by Gasteiger charge is 2.31. The first-order valence-corrected chi connectivity index (χ1v) is 7.51. The smallest absolute Gasteiger partial charge is 0.176 e. The molecule has 0 unspecified atom stereocenters. The van der Waals surface area contributed by atoms with Crippen LogP contribution >= 0.6 is 0 Å². The van der Waals surface area contributed by atoms with Crippen molar-refractivity contribution in [2.45, 2.75) is 51.2 Å². The highest BCUT2D eigenvalue weighted by Crippen LogP contribution is 2.32. The van der Waals surface area contributed by atoms with Crippen molar-refractivity contribution in [2.75, 3.05) is 6.54 Å². The summed E-state index contributed by atoms with van der Waals surface area (Å²) < 4.78 is 0. The average Bonchev–Trinajstić information content (AvgIpc) is 2.45. The van der Waals surface area contributed by atoms with E-state index in [9.17, 15) is 9.90 Å². The Morgan fingerprint density at radius 3 is 2.35 bits per heavy atom. The first kappa shape index (κ1) is 15.2. The van der Waals surface area contributed by atoms with Crippen LogP contribution in [0.5, 0.6) is 0 Å². The zero-order valence-electron chi connectivity index (χ0n) is 12.4. The molecule has 0 saturated heterocycles. The molecule has 0 atom stereocenters. The van der Waals surface area contributed by atoms with Gasteiger partial charge in [-0.1, -0.05) is 30.3 Å². The van der Waals surface area contributed by atoms with Gasteiger partial charge in [-0.15, -0.1) is 0 Å². The van der Waals surface area contributed by atoms with Gasteiger partial charge in [-0.3, -0.25) is 4.79 Å². The SMILES string of the molecule is CC(C)(O)[C@H]1CC[C@H](NCC(=O)c2ccccc2)CC1. The van der Waals surface area contributed by atoms with Crippen LogP contribution in [0, 0.1) is 5.92 Å². The fourth-order valence-corrected chi connectivity index (χ4v) is 2.97. The number of aliphatic hydroxyl groups is 1. The molecule has 1 saturated carbocycles. The number of hydrogen-bond acceptors (Lipinski definition) is 3. The van der Waals surface area contributed by atoms with Crippen LogP contribution in [0.15, 0.2) is 30.3 Å². The predicted molar refractivity (Wildman–Crippen MR) is 80.8 cm³/mol. The number of ketones is 1. The first-order valence-electron chi connectivity index (χ1n) is 7.51. The van der Waals surface area contributed by atoms with Crippen LogP contribution in [-0.2, 0) is 0 Å². The molecule has 20 heavy (non-hydrogen) atoms. The summed E-state index contributed by atoms with van der Waals surface area (Å²) in [7, 11) is 0. The van der Waals surface area contributed by atoms with Gasteiger partial charge in [-0.05, 0) is 45.4 Å². The van der Waals surface area contributed by atoms with Gasteiger partial charge in [-0.2, -0.15) is 0 Å². The van der Waals surface area contributed by atoms with E-state index in [2.05, 4.69) is 5.32 Å². The Kier molecular flexibility index (Phi) is 4.95. The Morgan fingerprint density at radius 1 is 1.20 bits per heavy atom. The van der Waals surface area contributed by atoms with Gasteiger partial charge in [-0.25, -0.2) is 0 Å². The summed E-state index contributed by atoms with van der Waals surface area (Å²) in [5.74, 6) is 0.528. The molecule has 1 aliphatic carbocycles. The summed E-state index contributed by atoms with van der Waals surface area (Å²) in [5.41, 5.74) is 0.190. The van der Waals surface area contributed by atoms with E-state index in [-0.39, 0.29) is 5.78 Å². The number of rotatable bonds is 5. The number of hydrogen-bond donors (Lipinski definition) is 2. The maximum Gasteiger partial charge on any atom is 0.176 e. The second-order valence-corrected chi connectivity index (χ2v) is 6.37. The molecule has 1 fully saturated rings. The van der Waals surface area contributed by atoms with Crippen LogP contribution in [0.25, 0.3) is 0 Å². The van der Waals surface area contributed by atoms with Gasteiger partial charge in [0.05, 0.1) is 12.1 Å². The summed E-state index contributed by atoms with van der Waals surface area (Å²) in [5, 5.41) is 13.4. The largest absolute Gasteiger partial charge is 0.390 e.